The third kappa shape index (κ3) is 3.11. The Labute approximate surface area is 152 Å². The van der Waals surface area contributed by atoms with Crippen LogP contribution >= 0.6 is 0 Å². The predicted octanol–water partition coefficient (Wildman–Crippen LogP) is 2.55. The van der Waals surface area contributed by atoms with Gasteiger partial charge in [-0.05, 0) is 39.7 Å². The molecule has 0 saturated carbocycles. The van der Waals surface area contributed by atoms with Crippen molar-refractivity contribution in [1.29, 1.82) is 0 Å². The highest BCUT2D eigenvalue weighted by atomic mass is 16.6. The van der Waals surface area contributed by atoms with E-state index in [1.54, 1.807) is 19.9 Å². The zero-order chi connectivity index (χ0) is 19.0. The fourth-order valence-corrected chi connectivity index (χ4v) is 3.36. The summed E-state index contributed by atoms with van der Waals surface area (Å²) in [5.41, 5.74) is 2.15. The second-order valence-corrected chi connectivity index (χ2v) is 6.80. The lowest BCUT2D eigenvalue weighted by molar-refractivity contribution is -0.178. The summed E-state index contributed by atoms with van der Waals surface area (Å²) in [6, 6.07) is 0. The molecule has 3 rings (SSSR count). The van der Waals surface area contributed by atoms with E-state index in [1.807, 2.05) is 19.1 Å². The fraction of sp³-hybridized carbons (Fsp3) is 0.450. The lowest BCUT2D eigenvalue weighted by Gasteiger charge is -2.38. The first-order valence-corrected chi connectivity index (χ1v) is 8.65. The SMILES string of the molecule is C=C1C(=O)O[C@@H]2/C=C(\C)CC/C=C3/C(=O)O[C@@H]3[C@@H](OC(=O)/C(C)=C\C)[C@@H]12. The molecule has 0 spiro atoms. The largest absolute Gasteiger partial charge is 0.454 e. The number of rotatable bonds is 2. The number of hydrogen-bond acceptors (Lipinski definition) is 6. The molecule has 2 saturated heterocycles. The lowest BCUT2D eigenvalue weighted by atomic mass is 9.81. The van der Waals surface area contributed by atoms with Crippen LogP contribution in [-0.4, -0.2) is 36.2 Å². The second-order valence-electron chi connectivity index (χ2n) is 6.80. The Morgan fingerprint density at radius 3 is 2.69 bits per heavy atom. The summed E-state index contributed by atoms with van der Waals surface area (Å²) in [4.78, 5) is 36.4. The number of allylic oxidation sites excluding steroid dienone is 3. The van der Waals surface area contributed by atoms with Crippen LogP contribution in [0.3, 0.4) is 0 Å². The Morgan fingerprint density at radius 1 is 1.31 bits per heavy atom. The molecule has 2 heterocycles. The number of fused-ring (bicyclic) bond motifs is 2. The minimum atomic E-state index is -0.868. The van der Waals surface area contributed by atoms with E-state index in [0.717, 1.165) is 12.0 Å². The number of esters is 3. The Kier molecular flexibility index (Phi) is 4.85. The number of carbonyl (C=O) groups is 3. The average Bonchev–Trinajstić information content (AvgIpc) is 2.87. The van der Waals surface area contributed by atoms with Gasteiger partial charge in [-0.1, -0.05) is 24.3 Å². The standard InChI is InChI=1S/C20H22O6/c1-5-11(3)18(21)26-17-15-12(4)19(22)24-14(15)9-10(2)7-6-8-13-16(17)25-20(13)23/h5,8-9,14-17H,4,6-7H2,1-3H3/b10-9+,11-5-,13-8+/t14-,15+,16+,17+/m1/s1. The molecule has 4 atom stereocenters. The van der Waals surface area contributed by atoms with E-state index in [9.17, 15) is 14.4 Å². The molecule has 0 unspecified atom stereocenters. The highest BCUT2D eigenvalue weighted by Crippen LogP contribution is 2.40. The van der Waals surface area contributed by atoms with Crippen LogP contribution in [0.25, 0.3) is 0 Å². The molecule has 0 N–H and O–H groups in total. The normalized spacial score (nSPS) is 35.5. The van der Waals surface area contributed by atoms with Crippen molar-refractivity contribution in [2.45, 2.75) is 51.9 Å². The molecule has 26 heavy (non-hydrogen) atoms. The van der Waals surface area contributed by atoms with Gasteiger partial charge < -0.3 is 14.2 Å². The van der Waals surface area contributed by atoms with Crippen molar-refractivity contribution in [1.82, 2.24) is 0 Å². The van der Waals surface area contributed by atoms with Crippen molar-refractivity contribution in [2.75, 3.05) is 0 Å². The number of ether oxygens (including phenoxy) is 3. The van der Waals surface area contributed by atoms with Gasteiger partial charge in [0.15, 0.2) is 12.2 Å². The molecule has 6 heteroatoms. The van der Waals surface area contributed by atoms with E-state index in [-0.39, 0.29) is 5.57 Å². The number of carbonyl (C=O) groups excluding carboxylic acids is 3. The van der Waals surface area contributed by atoms with E-state index >= 15 is 0 Å². The second kappa shape index (κ2) is 6.94. The molecule has 2 fully saturated rings. The maximum absolute atomic E-state index is 12.4. The minimum Gasteiger partial charge on any atom is -0.454 e. The maximum atomic E-state index is 12.4. The maximum Gasteiger partial charge on any atom is 0.338 e. The van der Waals surface area contributed by atoms with Crippen LogP contribution in [0.1, 0.15) is 33.6 Å². The van der Waals surface area contributed by atoms with Gasteiger partial charge in [-0.15, -0.1) is 0 Å². The van der Waals surface area contributed by atoms with Crippen LogP contribution in [-0.2, 0) is 28.6 Å². The summed E-state index contributed by atoms with van der Waals surface area (Å²) >= 11 is 0. The van der Waals surface area contributed by atoms with Crippen LogP contribution in [0.4, 0.5) is 0 Å². The zero-order valence-electron chi connectivity index (χ0n) is 15.1. The van der Waals surface area contributed by atoms with E-state index in [0.29, 0.717) is 17.6 Å². The molecule has 0 amide bonds. The van der Waals surface area contributed by atoms with E-state index < -0.39 is 42.1 Å². The van der Waals surface area contributed by atoms with Crippen LogP contribution in [0, 0.1) is 5.92 Å². The third-order valence-corrected chi connectivity index (χ3v) is 5.04. The highest BCUT2D eigenvalue weighted by molar-refractivity contribution is 5.97. The lowest BCUT2D eigenvalue weighted by Crippen LogP contribution is -2.52. The van der Waals surface area contributed by atoms with Crippen molar-refractivity contribution in [3.05, 3.63) is 47.1 Å². The first kappa shape index (κ1) is 18.2. The van der Waals surface area contributed by atoms with Gasteiger partial charge in [-0.3, -0.25) is 0 Å². The highest BCUT2D eigenvalue weighted by Gasteiger charge is 2.53. The smallest absolute Gasteiger partial charge is 0.338 e. The summed E-state index contributed by atoms with van der Waals surface area (Å²) in [5, 5.41) is 0. The van der Waals surface area contributed by atoms with Crippen molar-refractivity contribution < 1.29 is 28.6 Å². The quantitative estimate of drug-likeness (QED) is 0.327. The Balaban J connectivity index is 2.03. The molecule has 0 aromatic heterocycles. The van der Waals surface area contributed by atoms with Gasteiger partial charge in [0.25, 0.3) is 0 Å². The van der Waals surface area contributed by atoms with Gasteiger partial charge in [-0.25, -0.2) is 14.4 Å². The first-order valence-electron chi connectivity index (χ1n) is 8.65. The van der Waals surface area contributed by atoms with E-state index in [1.165, 1.54) is 0 Å². The molecule has 138 valence electrons. The topological polar surface area (TPSA) is 78.9 Å². The fourth-order valence-electron chi connectivity index (χ4n) is 3.36. The summed E-state index contributed by atoms with van der Waals surface area (Å²) in [7, 11) is 0. The molecule has 0 aromatic carbocycles. The molecule has 2 aliphatic heterocycles. The molecule has 0 aromatic rings. The predicted molar refractivity (Wildman–Crippen MR) is 92.8 cm³/mol. The van der Waals surface area contributed by atoms with Gasteiger partial charge in [0.2, 0.25) is 0 Å². The average molecular weight is 358 g/mol. The van der Waals surface area contributed by atoms with Gasteiger partial charge in [0.05, 0.1) is 11.5 Å². The van der Waals surface area contributed by atoms with Crippen LogP contribution in [0.5, 0.6) is 0 Å². The third-order valence-electron chi connectivity index (χ3n) is 5.04. The van der Waals surface area contributed by atoms with Gasteiger partial charge in [0.1, 0.15) is 6.10 Å². The Morgan fingerprint density at radius 2 is 2.04 bits per heavy atom. The molecular weight excluding hydrogens is 336 g/mol. The summed E-state index contributed by atoms with van der Waals surface area (Å²) in [5.74, 6) is -2.08. The molecule has 3 aliphatic rings. The van der Waals surface area contributed by atoms with Gasteiger partial charge in [0, 0.05) is 11.1 Å². The van der Waals surface area contributed by atoms with Gasteiger partial charge in [-0.2, -0.15) is 0 Å². The summed E-state index contributed by atoms with van der Waals surface area (Å²) < 4.78 is 16.4. The van der Waals surface area contributed by atoms with E-state index in [2.05, 4.69) is 6.58 Å². The summed E-state index contributed by atoms with van der Waals surface area (Å²) in [6.07, 6.45) is 4.52. The van der Waals surface area contributed by atoms with Crippen molar-refractivity contribution in [3.8, 4) is 0 Å². The van der Waals surface area contributed by atoms with Crippen molar-refractivity contribution >= 4 is 17.9 Å². The summed E-state index contributed by atoms with van der Waals surface area (Å²) in [6.45, 7) is 9.13. The zero-order valence-corrected chi connectivity index (χ0v) is 15.1. The molecule has 6 nitrogen and oxygen atoms in total. The molecule has 0 bridgehead atoms. The first-order chi connectivity index (χ1) is 12.3. The van der Waals surface area contributed by atoms with Crippen LogP contribution in [0.15, 0.2) is 47.1 Å². The van der Waals surface area contributed by atoms with Crippen molar-refractivity contribution in [2.24, 2.45) is 5.92 Å². The van der Waals surface area contributed by atoms with Crippen LogP contribution < -0.4 is 0 Å². The Bertz CT molecular complexity index is 769. The molecular formula is C20H22O6. The Hall–Kier alpha value is -2.63. The molecule has 0 radical (unpaired) electrons. The van der Waals surface area contributed by atoms with Gasteiger partial charge >= 0.3 is 17.9 Å². The van der Waals surface area contributed by atoms with E-state index in [4.69, 9.17) is 14.2 Å². The monoisotopic (exact) mass is 358 g/mol. The minimum absolute atomic E-state index is 0.220. The van der Waals surface area contributed by atoms with Crippen LogP contribution in [0.2, 0.25) is 0 Å². The molecule has 1 aliphatic carbocycles. The van der Waals surface area contributed by atoms with Crippen molar-refractivity contribution in [3.63, 3.8) is 0 Å². The number of hydrogen-bond donors (Lipinski definition) is 0.